The third-order valence-electron chi connectivity index (χ3n) is 2.18. The average molecular weight is 250 g/mol. The molecule has 4 heteroatoms. The molecule has 2 nitrogen and oxygen atoms in total. The van der Waals surface area contributed by atoms with Gasteiger partial charge >= 0.3 is 0 Å². The predicted octanol–water partition coefficient (Wildman–Crippen LogP) is 3.46. The second kappa shape index (κ2) is 5.10. The first kappa shape index (κ1) is 11.8. The molecule has 1 aromatic carbocycles. The van der Waals surface area contributed by atoms with Crippen LogP contribution in [0.3, 0.4) is 0 Å². The van der Waals surface area contributed by atoms with Crippen molar-refractivity contribution in [2.75, 3.05) is 6.61 Å². The minimum Gasteiger partial charge on any atom is -0.485 e. The number of hydrogen-bond acceptors (Lipinski definition) is 3. The Morgan fingerprint density at radius 2 is 2.18 bits per heavy atom. The van der Waals surface area contributed by atoms with E-state index in [0.29, 0.717) is 10.6 Å². The minimum absolute atomic E-state index is 0.0661. The Bertz CT molecular complexity index is 534. The fourth-order valence-electron chi connectivity index (χ4n) is 1.36. The molecule has 0 bridgehead atoms. The van der Waals surface area contributed by atoms with Gasteiger partial charge in [0.2, 0.25) is 5.78 Å². The molecule has 2 rings (SSSR count). The molecule has 0 atom stereocenters. The van der Waals surface area contributed by atoms with Gasteiger partial charge in [-0.2, -0.15) is 0 Å². The van der Waals surface area contributed by atoms with Crippen molar-refractivity contribution in [2.45, 2.75) is 6.92 Å². The van der Waals surface area contributed by atoms with Crippen molar-refractivity contribution in [3.8, 4) is 5.75 Å². The van der Waals surface area contributed by atoms with Gasteiger partial charge in [0, 0.05) is 10.9 Å². The maximum absolute atomic E-state index is 12.9. The van der Waals surface area contributed by atoms with Crippen LogP contribution in [0.4, 0.5) is 4.39 Å². The highest BCUT2D eigenvalue weighted by molar-refractivity contribution is 7.14. The van der Waals surface area contributed by atoms with E-state index in [-0.39, 0.29) is 18.2 Å². The van der Waals surface area contributed by atoms with Gasteiger partial charge in [-0.25, -0.2) is 4.39 Å². The van der Waals surface area contributed by atoms with E-state index >= 15 is 0 Å². The number of hydrogen-bond donors (Lipinski definition) is 0. The number of ether oxygens (including phenoxy) is 1. The number of aryl methyl sites for hydroxylation is 1. The van der Waals surface area contributed by atoms with E-state index < -0.39 is 0 Å². The van der Waals surface area contributed by atoms with Gasteiger partial charge in [0.15, 0.2) is 6.61 Å². The lowest BCUT2D eigenvalue weighted by Gasteiger charge is -2.04. The van der Waals surface area contributed by atoms with Crippen LogP contribution in [-0.2, 0) is 0 Å². The standard InChI is InChI=1S/C13H11FO2S/c1-9-5-6-13(17-9)12(15)8-16-11-4-2-3-10(14)7-11/h2-7H,8H2,1H3. The predicted molar refractivity (Wildman–Crippen MR) is 65.3 cm³/mol. The summed E-state index contributed by atoms with van der Waals surface area (Å²) in [7, 11) is 0. The van der Waals surface area contributed by atoms with Crippen LogP contribution in [0.15, 0.2) is 36.4 Å². The maximum Gasteiger partial charge on any atom is 0.210 e. The summed E-state index contributed by atoms with van der Waals surface area (Å²) in [6.07, 6.45) is 0. The van der Waals surface area contributed by atoms with Gasteiger partial charge in [0.25, 0.3) is 0 Å². The van der Waals surface area contributed by atoms with E-state index in [0.717, 1.165) is 4.88 Å². The summed E-state index contributed by atoms with van der Waals surface area (Å²) in [5.74, 6) is -0.0964. The number of benzene rings is 1. The molecule has 0 aliphatic carbocycles. The van der Waals surface area contributed by atoms with Crippen LogP contribution in [0.2, 0.25) is 0 Å². The fraction of sp³-hybridized carbons (Fsp3) is 0.154. The van der Waals surface area contributed by atoms with Crippen molar-refractivity contribution >= 4 is 17.1 Å². The summed E-state index contributed by atoms with van der Waals surface area (Å²) in [5.41, 5.74) is 0. The number of halogens is 1. The monoisotopic (exact) mass is 250 g/mol. The molecule has 0 aliphatic heterocycles. The van der Waals surface area contributed by atoms with E-state index in [1.165, 1.54) is 23.5 Å². The molecule has 0 radical (unpaired) electrons. The molecule has 0 fully saturated rings. The summed E-state index contributed by atoms with van der Waals surface area (Å²) in [6, 6.07) is 9.42. The lowest BCUT2D eigenvalue weighted by atomic mass is 10.3. The van der Waals surface area contributed by atoms with Crippen molar-refractivity contribution in [3.63, 3.8) is 0 Å². The average Bonchev–Trinajstić information content (AvgIpc) is 2.73. The van der Waals surface area contributed by atoms with Gasteiger partial charge < -0.3 is 4.74 Å². The lowest BCUT2D eigenvalue weighted by molar-refractivity contribution is 0.0925. The first-order valence-electron chi connectivity index (χ1n) is 5.13. The Morgan fingerprint density at radius 3 is 2.82 bits per heavy atom. The van der Waals surface area contributed by atoms with E-state index in [1.54, 1.807) is 18.2 Å². The first-order chi connectivity index (χ1) is 8.15. The van der Waals surface area contributed by atoms with E-state index in [4.69, 9.17) is 4.74 Å². The van der Waals surface area contributed by atoms with Crippen LogP contribution in [0.25, 0.3) is 0 Å². The van der Waals surface area contributed by atoms with Gasteiger partial charge in [0.05, 0.1) is 4.88 Å². The Kier molecular flexibility index (Phi) is 3.54. The maximum atomic E-state index is 12.9. The molecule has 2 aromatic rings. The van der Waals surface area contributed by atoms with Crippen molar-refractivity contribution in [2.24, 2.45) is 0 Å². The molecule has 0 unspecified atom stereocenters. The van der Waals surface area contributed by atoms with Crippen LogP contribution < -0.4 is 4.74 Å². The number of Topliss-reactive ketones (excluding diaryl/α,β-unsaturated/α-hetero) is 1. The van der Waals surface area contributed by atoms with Crippen molar-refractivity contribution < 1.29 is 13.9 Å². The molecule has 0 saturated heterocycles. The molecule has 0 spiro atoms. The molecule has 0 saturated carbocycles. The van der Waals surface area contributed by atoms with Crippen LogP contribution in [0.5, 0.6) is 5.75 Å². The normalized spacial score (nSPS) is 10.2. The molecule has 0 aliphatic rings. The minimum atomic E-state index is -0.373. The Hall–Kier alpha value is -1.68. The van der Waals surface area contributed by atoms with E-state index in [9.17, 15) is 9.18 Å². The second-order valence-corrected chi connectivity index (χ2v) is 4.87. The molecule has 88 valence electrons. The summed E-state index contributed by atoms with van der Waals surface area (Å²) < 4.78 is 18.1. The smallest absolute Gasteiger partial charge is 0.210 e. The third-order valence-corrected chi connectivity index (χ3v) is 3.22. The summed E-state index contributed by atoms with van der Waals surface area (Å²) >= 11 is 1.43. The van der Waals surface area contributed by atoms with E-state index in [1.807, 2.05) is 13.0 Å². The Morgan fingerprint density at radius 1 is 1.35 bits per heavy atom. The molecule has 1 aromatic heterocycles. The van der Waals surface area contributed by atoms with E-state index in [2.05, 4.69) is 0 Å². The zero-order valence-corrected chi connectivity index (χ0v) is 10.1. The fourth-order valence-corrected chi connectivity index (χ4v) is 2.15. The first-order valence-corrected chi connectivity index (χ1v) is 5.95. The van der Waals surface area contributed by atoms with Gasteiger partial charge in [0.1, 0.15) is 11.6 Å². The van der Waals surface area contributed by atoms with Crippen LogP contribution in [-0.4, -0.2) is 12.4 Å². The molecule has 17 heavy (non-hydrogen) atoms. The summed E-state index contributed by atoms with van der Waals surface area (Å²) in [4.78, 5) is 13.5. The SMILES string of the molecule is Cc1ccc(C(=O)COc2cccc(F)c2)s1. The largest absolute Gasteiger partial charge is 0.485 e. The Labute approximate surface area is 103 Å². The van der Waals surface area contributed by atoms with Crippen LogP contribution >= 0.6 is 11.3 Å². The molecule has 1 heterocycles. The van der Waals surface area contributed by atoms with Gasteiger partial charge in [-0.3, -0.25) is 4.79 Å². The molecular formula is C13H11FO2S. The number of rotatable bonds is 4. The molecule has 0 N–H and O–H groups in total. The van der Waals surface area contributed by atoms with Gasteiger partial charge in [-0.05, 0) is 31.2 Å². The number of carbonyl (C=O) groups excluding carboxylic acids is 1. The van der Waals surface area contributed by atoms with Crippen molar-refractivity contribution in [3.05, 3.63) is 52.0 Å². The van der Waals surface area contributed by atoms with Crippen LogP contribution in [0.1, 0.15) is 14.5 Å². The van der Waals surface area contributed by atoms with Gasteiger partial charge in [-0.1, -0.05) is 6.07 Å². The zero-order chi connectivity index (χ0) is 12.3. The highest BCUT2D eigenvalue weighted by Gasteiger charge is 2.09. The second-order valence-electron chi connectivity index (χ2n) is 3.58. The number of ketones is 1. The molecular weight excluding hydrogens is 239 g/mol. The zero-order valence-electron chi connectivity index (χ0n) is 9.27. The quantitative estimate of drug-likeness (QED) is 0.777. The Balaban J connectivity index is 1.97. The number of thiophene rings is 1. The van der Waals surface area contributed by atoms with Crippen molar-refractivity contribution in [1.29, 1.82) is 0 Å². The molecule has 0 amide bonds. The highest BCUT2D eigenvalue weighted by Crippen LogP contribution is 2.17. The number of carbonyl (C=O) groups is 1. The summed E-state index contributed by atoms with van der Waals surface area (Å²) in [6.45, 7) is 1.87. The third kappa shape index (κ3) is 3.14. The highest BCUT2D eigenvalue weighted by atomic mass is 32.1. The topological polar surface area (TPSA) is 26.3 Å². The van der Waals surface area contributed by atoms with Gasteiger partial charge in [-0.15, -0.1) is 11.3 Å². The van der Waals surface area contributed by atoms with Crippen molar-refractivity contribution in [1.82, 2.24) is 0 Å². The summed E-state index contributed by atoms with van der Waals surface area (Å²) in [5, 5.41) is 0. The van der Waals surface area contributed by atoms with Crippen LogP contribution in [0, 0.1) is 12.7 Å². The lowest BCUT2D eigenvalue weighted by Crippen LogP contribution is -2.10.